The Labute approximate surface area is 111 Å². The summed E-state index contributed by atoms with van der Waals surface area (Å²) in [6, 6.07) is 1.47. The van der Waals surface area contributed by atoms with Crippen LogP contribution in [0.25, 0.3) is 0 Å². The van der Waals surface area contributed by atoms with E-state index in [2.05, 4.69) is 10.0 Å². The molecule has 7 heteroatoms. The number of thiophene rings is 1. The van der Waals surface area contributed by atoms with E-state index in [-0.39, 0.29) is 11.9 Å². The number of hydrogen-bond donors (Lipinski definition) is 2. The molecule has 1 unspecified atom stereocenters. The molecule has 0 spiro atoms. The maximum absolute atomic E-state index is 12.2. The third kappa shape index (κ3) is 2.90. The predicted molar refractivity (Wildman–Crippen MR) is 70.1 cm³/mol. The Morgan fingerprint density at radius 3 is 2.67 bits per heavy atom. The summed E-state index contributed by atoms with van der Waals surface area (Å²) in [5.74, 6) is -0.0204. The molecule has 1 aliphatic rings. The van der Waals surface area contributed by atoms with Gasteiger partial charge in [0.15, 0.2) is 0 Å². The van der Waals surface area contributed by atoms with Gasteiger partial charge in [-0.25, -0.2) is 13.1 Å². The third-order valence-electron chi connectivity index (χ3n) is 2.87. The Kier molecular flexibility index (Phi) is 3.74. The summed E-state index contributed by atoms with van der Waals surface area (Å²) in [6.07, 6.45) is 0.919. The van der Waals surface area contributed by atoms with Gasteiger partial charge in [-0.3, -0.25) is 4.79 Å². The average molecular weight is 288 g/mol. The minimum absolute atomic E-state index is 0.0204. The van der Waals surface area contributed by atoms with Crippen molar-refractivity contribution in [1.29, 1.82) is 0 Å². The summed E-state index contributed by atoms with van der Waals surface area (Å²) in [4.78, 5) is 13.1. The maximum atomic E-state index is 12.2. The van der Waals surface area contributed by atoms with Gasteiger partial charge >= 0.3 is 0 Å². The van der Waals surface area contributed by atoms with Crippen molar-refractivity contribution in [1.82, 2.24) is 10.0 Å². The van der Waals surface area contributed by atoms with Gasteiger partial charge in [0, 0.05) is 28.8 Å². The lowest BCUT2D eigenvalue weighted by Crippen LogP contribution is -2.47. The van der Waals surface area contributed by atoms with E-state index in [1.165, 1.54) is 11.3 Å². The molecular formula is C11H16N2O3S2. The van der Waals surface area contributed by atoms with Crippen LogP contribution in [-0.2, 0) is 14.8 Å². The molecule has 0 radical (unpaired) electrons. The topological polar surface area (TPSA) is 75.3 Å². The lowest BCUT2D eigenvalue weighted by molar-refractivity contribution is -0.122. The Morgan fingerprint density at radius 1 is 1.44 bits per heavy atom. The Hall–Kier alpha value is -0.920. The van der Waals surface area contributed by atoms with Crippen LogP contribution < -0.4 is 10.0 Å². The zero-order valence-corrected chi connectivity index (χ0v) is 12.0. The smallest absolute Gasteiger partial charge is 0.241 e. The zero-order chi connectivity index (χ0) is 13.3. The number of rotatable bonds is 3. The molecule has 1 atom stereocenters. The summed E-state index contributed by atoms with van der Waals surface area (Å²) in [5, 5.41) is 2.66. The first-order valence-electron chi connectivity index (χ1n) is 5.74. The molecule has 1 aromatic rings. The van der Waals surface area contributed by atoms with Crippen molar-refractivity contribution in [3.05, 3.63) is 15.8 Å². The normalized spacial score (nSPS) is 20.8. The van der Waals surface area contributed by atoms with Crippen LogP contribution in [0.5, 0.6) is 0 Å². The van der Waals surface area contributed by atoms with Gasteiger partial charge in [0.1, 0.15) is 0 Å². The highest BCUT2D eigenvalue weighted by molar-refractivity contribution is 7.89. The number of carbonyl (C=O) groups is 1. The molecule has 1 aliphatic heterocycles. The summed E-state index contributed by atoms with van der Waals surface area (Å²) in [5.41, 5.74) is 0. The molecule has 2 heterocycles. The number of amides is 1. The van der Waals surface area contributed by atoms with E-state index in [1.54, 1.807) is 13.0 Å². The maximum Gasteiger partial charge on any atom is 0.241 e. The molecule has 1 fully saturated rings. The second-order valence-electron chi connectivity index (χ2n) is 4.44. The fraction of sp³-hybridized carbons (Fsp3) is 0.545. The second-order valence-corrected chi connectivity index (χ2v) is 7.58. The molecule has 0 aliphatic carbocycles. The Morgan fingerprint density at radius 2 is 2.17 bits per heavy atom. The van der Waals surface area contributed by atoms with Crippen molar-refractivity contribution in [2.45, 2.75) is 37.6 Å². The number of sulfonamides is 1. The lowest BCUT2D eigenvalue weighted by Gasteiger charge is -2.23. The highest BCUT2D eigenvalue weighted by Gasteiger charge is 2.26. The van der Waals surface area contributed by atoms with Crippen LogP contribution in [0.4, 0.5) is 0 Å². The molecule has 1 amide bonds. The van der Waals surface area contributed by atoms with E-state index in [9.17, 15) is 13.2 Å². The summed E-state index contributed by atoms with van der Waals surface area (Å²) in [6.45, 7) is 4.05. The molecule has 2 N–H and O–H groups in total. The standard InChI is InChI=1S/C11H16N2O3S2/c1-7-5-10(8(2)17-7)18(15,16)13-9-3-4-11(14)12-6-9/h5,9,13H,3-4,6H2,1-2H3,(H,12,14). The quantitative estimate of drug-likeness (QED) is 0.868. The first-order valence-corrected chi connectivity index (χ1v) is 8.04. The van der Waals surface area contributed by atoms with Gasteiger partial charge in [-0.1, -0.05) is 0 Å². The van der Waals surface area contributed by atoms with Crippen LogP contribution in [0.15, 0.2) is 11.0 Å². The Bertz CT molecular complexity index is 553. The van der Waals surface area contributed by atoms with Gasteiger partial charge in [0.05, 0.1) is 4.90 Å². The van der Waals surface area contributed by atoms with Crippen LogP contribution in [-0.4, -0.2) is 26.9 Å². The highest BCUT2D eigenvalue weighted by atomic mass is 32.2. The number of carbonyl (C=O) groups excluding carboxylic acids is 1. The summed E-state index contributed by atoms with van der Waals surface area (Å²) in [7, 11) is -3.48. The monoisotopic (exact) mass is 288 g/mol. The van der Waals surface area contributed by atoms with Gasteiger partial charge in [-0.05, 0) is 26.3 Å². The van der Waals surface area contributed by atoms with Gasteiger partial charge < -0.3 is 5.32 Å². The fourth-order valence-electron chi connectivity index (χ4n) is 1.99. The van der Waals surface area contributed by atoms with Gasteiger partial charge in [0.25, 0.3) is 0 Å². The SMILES string of the molecule is Cc1cc(S(=O)(=O)NC2CCC(=O)NC2)c(C)s1. The minimum atomic E-state index is -3.48. The first kappa shape index (κ1) is 13.5. The predicted octanol–water partition coefficient (Wildman–Crippen LogP) is 0.922. The van der Waals surface area contributed by atoms with Crippen LogP contribution in [0.2, 0.25) is 0 Å². The first-order chi connectivity index (χ1) is 8.38. The van der Waals surface area contributed by atoms with E-state index >= 15 is 0 Å². The third-order valence-corrected chi connectivity index (χ3v) is 5.61. The van der Waals surface area contributed by atoms with Crippen LogP contribution in [0.1, 0.15) is 22.6 Å². The van der Waals surface area contributed by atoms with E-state index in [0.29, 0.717) is 24.3 Å². The van der Waals surface area contributed by atoms with E-state index in [4.69, 9.17) is 0 Å². The molecule has 0 aromatic carbocycles. The molecule has 0 bridgehead atoms. The number of aryl methyl sites for hydroxylation is 2. The lowest BCUT2D eigenvalue weighted by atomic mass is 10.1. The molecule has 1 aromatic heterocycles. The number of piperidine rings is 1. The molecular weight excluding hydrogens is 272 g/mol. The van der Waals surface area contributed by atoms with Crippen molar-refractivity contribution in [2.75, 3.05) is 6.54 Å². The molecule has 2 rings (SSSR count). The van der Waals surface area contributed by atoms with E-state index in [1.807, 2.05) is 6.92 Å². The molecule has 18 heavy (non-hydrogen) atoms. The molecule has 1 saturated heterocycles. The number of nitrogens with one attached hydrogen (secondary N) is 2. The van der Waals surface area contributed by atoms with Crippen molar-refractivity contribution in [3.63, 3.8) is 0 Å². The second kappa shape index (κ2) is 4.99. The van der Waals surface area contributed by atoms with Crippen molar-refractivity contribution < 1.29 is 13.2 Å². The molecule has 5 nitrogen and oxygen atoms in total. The van der Waals surface area contributed by atoms with Gasteiger partial charge in [0.2, 0.25) is 15.9 Å². The summed E-state index contributed by atoms with van der Waals surface area (Å²) >= 11 is 1.47. The average Bonchev–Trinajstić information content (AvgIpc) is 2.62. The largest absolute Gasteiger partial charge is 0.355 e. The fourth-order valence-corrected chi connectivity index (χ4v) is 4.82. The zero-order valence-electron chi connectivity index (χ0n) is 10.3. The van der Waals surface area contributed by atoms with Crippen LogP contribution in [0, 0.1) is 13.8 Å². The van der Waals surface area contributed by atoms with Crippen molar-refractivity contribution >= 4 is 27.3 Å². The van der Waals surface area contributed by atoms with Crippen LogP contribution in [0.3, 0.4) is 0 Å². The molecule has 0 saturated carbocycles. The van der Waals surface area contributed by atoms with Gasteiger partial charge in [-0.2, -0.15) is 0 Å². The van der Waals surface area contributed by atoms with Crippen molar-refractivity contribution in [3.8, 4) is 0 Å². The number of hydrogen-bond acceptors (Lipinski definition) is 4. The van der Waals surface area contributed by atoms with E-state index in [0.717, 1.165) is 9.75 Å². The van der Waals surface area contributed by atoms with Crippen molar-refractivity contribution in [2.24, 2.45) is 0 Å². The van der Waals surface area contributed by atoms with E-state index < -0.39 is 10.0 Å². The minimum Gasteiger partial charge on any atom is -0.355 e. The molecule has 100 valence electrons. The summed E-state index contributed by atoms with van der Waals surface area (Å²) < 4.78 is 27.0. The van der Waals surface area contributed by atoms with Gasteiger partial charge in [-0.15, -0.1) is 11.3 Å². The highest BCUT2D eigenvalue weighted by Crippen LogP contribution is 2.25. The Balaban J connectivity index is 2.12. The van der Waals surface area contributed by atoms with Crippen LogP contribution >= 0.6 is 11.3 Å².